The summed E-state index contributed by atoms with van der Waals surface area (Å²) in [7, 11) is 1.71. The van der Waals surface area contributed by atoms with Gasteiger partial charge in [0, 0.05) is 13.3 Å². The molecule has 6 nitrogen and oxygen atoms in total. The molecule has 0 spiro atoms. The van der Waals surface area contributed by atoms with Crippen molar-refractivity contribution >= 4 is 0 Å². The Morgan fingerprint density at radius 3 is 2.69 bits per heavy atom. The Morgan fingerprint density at radius 2 is 2.00 bits per heavy atom. The summed E-state index contributed by atoms with van der Waals surface area (Å²) in [6, 6.07) is 2.14. The van der Waals surface area contributed by atoms with Gasteiger partial charge in [-0.2, -0.15) is 10.4 Å². The number of rotatable bonds is 6. The van der Waals surface area contributed by atoms with Crippen LogP contribution < -0.4 is 0 Å². The summed E-state index contributed by atoms with van der Waals surface area (Å²) in [6.07, 6.45) is 14.6. The van der Waals surface area contributed by atoms with Crippen molar-refractivity contribution in [2.75, 3.05) is 13.7 Å². The third-order valence-electron chi connectivity index (χ3n) is 11.6. The van der Waals surface area contributed by atoms with Gasteiger partial charge in [-0.05, 0) is 112 Å². The van der Waals surface area contributed by atoms with E-state index in [4.69, 9.17) is 10.00 Å². The van der Waals surface area contributed by atoms with Crippen molar-refractivity contribution in [2.24, 2.45) is 40.4 Å². The maximum absolute atomic E-state index is 11.8. The number of ether oxygens (including phenoxy) is 1. The molecule has 9 atom stereocenters. The molecule has 1 aromatic rings. The molecule has 0 amide bonds. The predicted octanol–water partition coefficient (Wildman–Crippen LogP) is 4.93. The van der Waals surface area contributed by atoms with Crippen LogP contribution in [0.1, 0.15) is 90.5 Å². The fraction of sp³-hybridized carbons (Fsp3) is 0.862. The summed E-state index contributed by atoms with van der Waals surface area (Å²) in [5.74, 6) is 2.97. The minimum Gasteiger partial charge on any atom is -0.388 e. The van der Waals surface area contributed by atoms with Gasteiger partial charge in [-0.3, -0.25) is 4.68 Å². The molecular weight excluding hydrogens is 438 g/mol. The van der Waals surface area contributed by atoms with Gasteiger partial charge in [0.1, 0.15) is 6.07 Å². The molecule has 1 aromatic heterocycles. The number of methoxy groups -OCH3 is 1. The van der Waals surface area contributed by atoms with Gasteiger partial charge in [-0.1, -0.05) is 13.8 Å². The first-order valence-corrected chi connectivity index (χ1v) is 14.0. The predicted molar refractivity (Wildman–Crippen MR) is 134 cm³/mol. The van der Waals surface area contributed by atoms with Gasteiger partial charge in [-0.25, -0.2) is 0 Å². The van der Waals surface area contributed by atoms with Crippen molar-refractivity contribution < 1.29 is 14.9 Å². The lowest BCUT2D eigenvalue weighted by molar-refractivity contribution is -0.177. The molecule has 6 heteroatoms. The van der Waals surface area contributed by atoms with Crippen molar-refractivity contribution in [1.82, 2.24) is 9.78 Å². The van der Waals surface area contributed by atoms with Gasteiger partial charge in [0.15, 0.2) is 0 Å². The number of aliphatic hydroxyl groups is 2. The molecule has 4 aliphatic carbocycles. The van der Waals surface area contributed by atoms with Crippen molar-refractivity contribution in [1.29, 1.82) is 5.26 Å². The van der Waals surface area contributed by atoms with Crippen molar-refractivity contribution in [2.45, 2.75) is 103 Å². The van der Waals surface area contributed by atoms with Crippen LogP contribution in [0.15, 0.2) is 12.4 Å². The molecule has 0 radical (unpaired) electrons. The standard InChI is InChI=1S/C29H45N3O3/c1-5-29-13-12-28(34,19-35-4)14-21(29)6-7-22-23-8-9-25(26(23,2)11-10-24(22)29)27(3,33)18-32-17-20(15-30)16-31-32/h16-17,21-25,33-34H,5-14,18-19H2,1-4H3/t21-,22+,23+,24+,25+,26+,27+,28-,29+/m1/s1. The molecule has 4 saturated carbocycles. The Balaban J connectivity index is 1.36. The first-order chi connectivity index (χ1) is 16.6. The van der Waals surface area contributed by atoms with Crippen LogP contribution in [0.3, 0.4) is 0 Å². The average Bonchev–Trinajstić information content (AvgIpc) is 3.42. The van der Waals surface area contributed by atoms with Crippen molar-refractivity contribution in [3.05, 3.63) is 18.0 Å². The molecule has 0 aromatic carbocycles. The molecule has 0 saturated heterocycles. The van der Waals surface area contributed by atoms with Gasteiger partial charge in [-0.15, -0.1) is 0 Å². The third-order valence-corrected chi connectivity index (χ3v) is 11.6. The highest BCUT2D eigenvalue weighted by molar-refractivity contribution is 5.22. The van der Waals surface area contributed by atoms with Gasteiger partial charge in [0.2, 0.25) is 0 Å². The maximum Gasteiger partial charge on any atom is 0.102 e. The van der Waals surface area contributed by atoms with Crippen LogP contribution in [-0.2, 0) is 11.3 Å². The highest BCUT2D eigenvalue weighted by atomic mass is 16.5. The summed E-state index contributed by atoms with van der Waals surface area (Å²) in [5.41, 5.74) is -0.459. The number of nitrogens with zero attached hydrogens (tertiary/aromatic N) is 3. The van der Waals surface area contributed by atoms with Crippen LogP contribution in [0.25, 0.3) is 0 Å². The van der Waals surface area contributed by atoms with Gasteiger partial charge < -0.3 is 14.9 Å². The maximum atomic E-state index is 11.8. The zero-order valence-corrected chi connectivity index (χ0v) is 22.2. The molecule has 0 bridgehead atoms. The Morgan fingerprint density at radius 1 is 1.20 bits per heavy atom. The van der Waals surface area contributed by atoms with E-state index in [0.717, 1.165) is 37.5 Å². The minimum atomic E-state index is -0.851. The number of nitriles is 1. The zero-order valence-electron chi connectivity index (χ0n) is 22.2. The minimum absolute atomic E-state index is 0.142. The molecule has 4 aliphatic rings. The average molecular weight is 484 g/mol. The molecular formula is C29H45N3O3. The van der Waals surface area contributed by atoms with E-state index in [2.05, 4.69) is 25.0 Å². The zero-order chi connectivity index (χ0) is 25.1. The summed E-state index contributed by atoms with van der Waals surface area (Å²) in [6.45, 7) is 7.75. The number of aromatic nitrogens is 2. The molecule has 2 N–H and O–H groups in total. The van der Waals surface area contributed by atoms with E-state index in [9.17, 15) is 10.2 Å². The molecule has 1 heterocycles. The molecule has 194 valence electrons. The summed E-state index contributed by atoms with van der Waals surface area (Å²) in [4.78, 5) is 0. The van der Waals surface area contributed by atoms with E-state index in [0.29, 0.717) is 36.0 Å². The van der Waals surface area contributed by atoms with E-state index in [1.54, 1.807) is 24.2 Å². The van der Waals surface area contributed by atoms with Crippen molar-refractivity contribution in [3.63, 3.8) is 0 Å². The Hall–Kier alpha value is -1.42. The number of hydrogen-bond donors (Lipinski definition) is 2. The highest BCUT2D eigenvalue weighted by Crippen LogP contribution is 2.69. The molecule has 0 unspecified atom stereocenters. The van der Waals surface area contributed by atoms with E-state index in [1.165, 1.54) is 38.5 Å². The SMILES string of the molecule is CC[C@]12CC[C@](O)(COC)C[C@H]1CC[C@H]1[C@@H]3CC[C@H]([C@@](C)(O)Cn4cc(C#N)cn4)[C@@]3(C)CC[C@@H]12. The third kappa shape index (κ3) is 3.97. The summed E-state index contributed by atoms with van der Waals surface area (Å²) < 4.78 is 7.16. The van der Waals surface area contributed by atoms with Gasteiger partial charge in [0.05, 0.1) is 36.1 Å². The monoisotopic (exact) mass is 483 g/mol. The summed E-state index contributed by atoms with van der Waals surface area (Å²) >= 11 is 0. The lowest BCUT2D eigenvalue weighted by Gasteiger charge is -2.63. The fourth-order valence-corrected chi connectivity index (χ4v) is 10.2. The lowest BCUT2D eigenvalue weighted by Crippen LogP contribution is -2.58. The van der Waals surface area contributed by atoms with Crippen LogP contribution in [0.2, 0.25) is 0 Å². The lowest BCUT2D eigenvalue weighted by atomic mass is 9.42. The number of hydrogen-bond acceptors (Lipinski definition) is 5. The van der Waals surface area contributed by atoms with Crippen LogP contribution in [0.4, 0.5) is 0 Å². The van der Waals surface area contributed by atoms with Gasteiger partial charge in [0.25, 0.3) is 0 Å². The van der Waals surface area contributed by atoms with Crippen LogP contribution >= 0.6 is 0 Å². The molecule has 4 fully saturated rings. The second-order valence-electron chi connectivity index (χ2n) is 13.2. The quantitative estimate of drug-likeness (QED) is 0.598. The topological polar surface area (TPSA) is 91.3 Å². The normalized spacial score (nSPS) is 44.5. The Labute approximate surface area is 211 Å². The van der Waals surface area contributed by atoms with Crippen LogP contribution in [0.5, 0.6) is 0 Å². The summed E-state index contributed by atoms with van der Waals surface area (Å²) in [5, 5.41) is 36.4. The van der Waals surface area contributed by atoms with Crippen LogP contribution in [0, 0.1) is 51.8 Å². The Kier molecular flexibility index (Phi) is 6.38. The molecule has 0 aliphatic heterocycles. The van der Waals surface area contributed by atoms with E-state index >= 15 is 0 Å². The van der Waals surface area contributed by atoms with Gasteiger partial charge >= 0.3 is 0 Å². The second kappa shape index (κ2) is 8.85. The van der Waals surface area contributed by atoms with E-state index in [-0.39, 0.29) is 11.3 Å². The van der Waals surface area contributed by atoms with E-state index in [1.807, 2.05) is 6.92 Å². The van der Waals surface area contributed by atoms with Crippen molar-refractivity contribution in [3.8, 4) is 6.07 Å². The molecule has 5 rings (SSSR count). The smallest absolute Gasteiger partial charge is 0.102 e. The Bertz CT molecular complexity index is 969. The first-order valence-electron chi connectivity index (χ1n) is 14.0. The van der Waals surface area contributed by atoms with E-state index < -0.39 is 11.2 Å². The fourth-order valence-electron chi connectivity index (χ4n) is 10.2. The number of fused-ring (bicyclic) bond motifs is 5. The second-order valence-corrected chi connectivity index (χ2v) is 13.2. The largest absolute Gasteiger partial charge is 0.388 e. The highest BCUT2D eigenvalue weighted by Gasteiger charge is 2.63. The van der Waals surface area contributed by atoms with Crippen LogP contribution in [-0.4, -0.2) is 44.9 Å². The molecule has 35 heavy (non-hydrogen) atoms. The first kappa shape index (κ1) is 25.2.